The lowest BCUT2D eigenvalue weighted by molar-refractivity contribution is -0.137. The van der Waals surface area contributed by atoms with E-state index < -0.39 is 11.2 Å². The number of carbonyl (C=O) groups is 1. The van der Waals surface area contributed by atoms with Gasteiger partial charge in [-0.15, -0.1) is 11.3 Å². The highest BCUT2D eigenvalue weighted by Gasteiger charge is 2.35. The normalized spacial score (nSPS) is 20.7. The summed E-state index contributed by atoms with van der Waals surface area (Å²) in [6.07, 6.45) is 0.741. The minimum Gasteiger partial charge on any atom is -0.288 e. The first kappa shape index (κ1) is 13.3. The number of nitrogens with zero attached hydrogens (tertiary/aromatic N) is 1. The first-order valence-electron chi connectivity index (χ1n) is 5.64. The maximum atomic E-state index is 12.4. The second-order valence-electron chi connectivity index (χ2n) is 4.47. The van der Waals surface area contributed by atoms with E-state index in [-0.39, 0.29) is 10.7 Å². The van der Waals surface area contributed by atoms with E-state index in [2.05, 4.69) is 11.9 Å². The first-order chi connectivity index (χ1) is 8.38. The Morgan fingerprint density at radius 3 is 2.72 bits per heavy atom. The summed E-state index contributed by atoms with van der Waals surface area (Å²) in [5, 5.41) is -0.962. The molecule has 6 heteroatoms. The summed E-state index contributed by atoms with van der Waals surface area (Å²) in [4.78, 5) is 15.3. The number of carbonyl (C=O) groups excluding carboxylic acids is 1. The largest absolute Gasteiger partial charge is 0.443 e. The summed E-state index contributed by atoms with van der Waals surface area (Å²) in [6.45, 7) is 2.09. The number of rotatable bonds is 2. The Kier molecular flexibility index (Phi) is 3.56. The molecule has 1 aliphatic carbocycles. The SMILES string of the molecule is CC1CC=C(C(=O)c2cnc(C(F)(F)F)s2)CC1. The molecule has 0 bridgehead atoms. The van der Waals surface area contributed by atoms with Gasteiger partial charge in [0.15, 0.2) is 10.8 Å². The number of hydrogen-bond donors (Lipinski definition) is 0. The van der Waals surface area contributed by atoms with E-state index >= 15 is 0 Å². The van der Waals surface area contributed by atoms with E-state index in [0.717, 1.165) is 19.0 Å². The van der Waals surface area contributed by atoms with Crippen LogP contribution in [-0.4, -0.2) is 10.8 Å². The van der Waals surface area contributed by atoms with Gasteiger partial charge in [0.05, 0.1) is 4.88 Å². The first-order valence-corrected chi connectivity index (χ1v) is 6.46. The van der Waals surface area contributed by atoms with Crippen LogP contribution in [0.2, 0.25) is 0 Å². The molecule has 0 saturated heterocycles. The van der Waals surface area contributed by atoms with Crippen LogP contribution in [-0.2, 0) is 6.18 Å². The fourth-order valence-electron chi connectivity index (χ4n) is 1.84. The molecule has 0 saturated carbocycles. The molecule has 0 spiro atoms. The molecule has 0 aliphatic heterocycles. The van der Waals surface area contributed by atoms with E-state index in [1.54, 1.807) is 0 Å². The monoisotopic (exact) mass is 275 g/mol. The van der Waals surface area contributed by atoms with Gasteiger partial charge in [0.25, 0.3) is 0 Å². The van der Waals surface area contributed by atoms with Gasteiger partial charge in [0.1, 0.15) is 0 Å². The average molecular weight is 275 g/mol. The van der Waals surface area contributed by atoms with Crippen molar-refractivity contribution < 1.29 is 18.0 Å². The third-order valence-corrected chi connectivity index (χ3v) is 3.98. The van der Waals surface area contributed by atoms with Crippen LogP contribution in [0.25, 0.3) is 0 Å². The van der Waals surface area contributed by atoms with Crippen molar-refractivity contribution in [3.63, 3.8) is 0 Å². The molecule has 1 atom stereocenters. The molecule has 2 rings (SSSR count). The molecule has 1 heterocycles. The van der Waals surface area contributed by atoms with Gasteiger partial charge >= 0.3 is 6.18 Å². The lowest BCUT2D eigenvalue weighted by atomic mass is 9.89. The smallest absolute Gasteiger partial charge is 0.288 e. The van der Waals surface area contributed by atoms with Crippen molar-refractivity contribution in [1.82, 2.24) is 4.98 Å². The van der Waals surface area contributed by atoms with Crippen molar-refractivity contribution in [2.75, 3.05) is 0 Å². The Morgan fingerprint density at radius 2 is 2.22 bits per heavy atom. The quantitative estimate of drug-likeness (QED) is 0.761. The van der Waals surface area contributed by atoms with Gasteiger partial charge in [0.2, 0.25) is 0 Å². The van der Waals surface area contributed by atoms with Crippen molar-refractivity contribution >= 4 is 17.1 Å². The molecule has 0 fully saturated rings. The van der Waals surface area contributed by atoms with Gasteiger partial charge in [-0.1, -0.05) is 13.0 Å². The summed E-state index contributed by atoms with van der Waals surface area (Å²) in [5.74, 6) is 0.226. The maximum Gasteiger partial charge on any atom is 0.443 e. The Hall–Kier alpha value is -1.17. The predicted octanol–water partition coefficient (Wildman–Crippen LogP) is 4.09. The van der Waals surface area contributed by atoms with Crippen LogP contribution in [0.3, 0.4) is 0 Å². The molecule has 1 aliphatic rings. The third-order valence-electron chi connectivity index (χ3n) is 2.94. The fourth-order valence-corrected chi connectivity index (χ4v) is 2.60. The van der Waals surface area contributed by atoms with Crippen LogP contribution in [0.15, 0.2) is 17.8 Å². The van der Waals surface area contributed by atoms with Crippen molar-refractivity contribution in [3.05, 3.63) is 27.7 Å². The van der Waals surface area contributed by atoms with E-state index in [1.807, 2.05) is 6.08 Å². The van der Waals surface area contributed by atoms with E-state index in [1.165, 1.54) is 0 Å². The maximum absolute atomic E-state index is 12.4. The zero-order chi connectivity index (χ0) is 13.3. The molecule has 0 aromatic carbocycles. The topological polar surface area (TPSA) is 30.0 Å². The zero-order valence-corrected chi connectivity index (χ0v) is 10.6. The minimum absolute atomic E-state index is 0.0723. The number of thiazole rings is 1. The number of alkyl halides is 3. The molecule has 1 unspecified atom stereocenters. The second-order valence-corrected chi connectivity index (χ2v) is 5.50. The Labute approximate surface area is 107 Å². The molecular formula is C12H12F3NOS. The van der Waals surface area contributed by atoms with Gasteiger partial charge < -0.3 is 0 Å². The van der Waals surface area contributed by atoms with E-state index in [0.29, 0.717) is 29.2 Å². The molecule has 1 aromatic heterocycles. The average Bonchev–Trinajstić information content (AvgIpc) is 2.78. The molecule has 2 nitrogen and oxygen atoms in total. The van der Waals surface area contributed by atoms with Crippen LogP contribution in [0.1, 0.15) is 40.9 Å². The summed E-state index contributed by atoms with van der Waals surface area (Å²) in [6, 6.07) is 0. The highest BCUT2D eigenvalue weighted by Crippen LogP contribution is 2.34. The Morgan fingerprint density at radius 1 is 1.50 bits per heavy atom. The lowest BCUT2D eigenvalue weighted by Crippen LogP contribution is -2.09. The summed E-state index contributed by atoms with van der Waals surface area (Å²) in [7, 11) is 0. The van der Waals surface area contributed by atoms with Crippen LogP contribution >= 0.6 is 11.3 Å². The highest BCUT2D eigenvalue weighted by molar-refractivity contribution is 7.13. The van der Waals surface area contributed by atoms with E-state index in [9.17, 15) is 18.0 Å². The standard InChI is InChI=1S/C12H12F3NOS/c1-7-2-4-8(5-3-7)10(17)9-6-16-11(18-9)12(13,14)15/h4,6-7H,2-3,5H2,1H3. The fraction of sp³-hybridized carbons (Fsp3) is 0.500. The molecule has 0 amide bonds. The van der Waals surface area contributed by atoms with Crippen molar-refractivity contribution in [3.8, 4) is 0 Å². The van der Waals surface area contributed by atoms with Crippen LogP contribution in [0, 0.1) is 5.92 Å². The van der Waals surface area contributed by atoms with Crippen molar-refractivity contribution in [1.29, 1.82) is 0 Å². The van der Waals surface area contributed by atoms with Gasteiger partial charge in [-0.05, 0) is 30.8 Å². The van der Waals surface area contributed by atoms with Gasteiger partial charge in [0, 0.05) is 6.20 Å². The Balaban J connectivity index is 2.17. The number of halogens is 3. The van der Waals surface area contributed by atoms with Gasteiger partial charge in [-0.3, -0.25) is 4.79 Å². The molecule has 1 aromatic rings. The highest BCUT2D eigenvalue weighted by atomic mass is 32.1. The van der Waals surface area contributed by atoms with Crippen LogP contribution in [0.4, 0.5) is 13.2 Å². The number of allylic oxidation sites excluding steroid dienone is 2. The number of hydrogen-bond acceptors (Lipinski definition) is 3. The number of aromatic nitrogens is 1. The predicted molar refractivity (Wildman–Crippen MR) is 62.5 cm³/mol. The third kappa shape index (κ3) is 2.80. The molecular weight excluding hydrogens is 263 g/mol. The van der Waals surface area contributed by atoms with Crippen LogP contribution in [0.5, 0.6) is 0 Å². The van der Waals surface area contributed by atoms with Crippen molar-refractivity contribution in [2.45, 2.75) is 32.4 Å². The number of ketones is 1. The summed E-state index contributed by atoms with van der Waals surface area (Å²) >= 11 is 0.416. The molecule has 0 N–H and O–H groups in total. The van der Waals surface area contributed by atoms with Crippen molar-refractivity contribution in [2.24, 2.45) is 5.92 Å². The minimum atomic E-state index is -4.47. The molecule has 0 radical (unpaired) electrons. The van der Waals surface area contributed by atoms with E-state index in [4.69, 9.17) is 0 Å². The summed E-state index contributed by atoms with van der Waals surface area (Å²) < 4.78 is 37.1. The molecule has 18 heavy (non-hydrogen) atoms. The lowest BCUT2D eigenvalue weighted by Gasteiger charge is -2.16. The Bertz CT molecular complexity index is 490. The molecule has 98 valence electrons. The number of Topliss-reactive ketones (excluding diaryl/α,β-unsaturated/α-hetero) is 1. The zero-order valence-electron chi connectivity index (χ0n) is 9.75. The summed E-state index contributed by atoms with van der Waals surface area (Å²) in [5.41, 5.74) is 0.616. The van der Waals surface area contributed by atoms with Crippen LogP contribution < -0.4 is 0 Å². The van der Waals surface area contributed by atoms with Gasteiger partial charge in [-0.25, -0.2) is 4.98 Å². The second kappa shape index (κ2) is 4.84. The van der Waals surface area contributed by atoms with Gasteiger partial charge in [-0.2, -0.15) is 13.2 Å².